The number of rotatable bonds is 2. The van der Waals surface area contributed by atoms with Crippen LogP contribution >= 0.6 is 0 Å². The van der Waals surface area contributed by atoms with Crippen molar-refractivity contribution >= 4 is 33.3 Å². The number of hydrogen-bond donors (Lipinski definition) is 1. The van der Waals surface area contributed by atoms with E-state index in [-0.39, 0.29) is 11.6 Å². The predicted molar refractivity (Wildman–Crippen MR) is 104 cm³/mol. The Labute approximate surface area is 150 Å². The molecule has 0 saturated heterocycles. The van der Waals surface area contributed by atoms with Gasteiger partial charge in [-0.2, -0.15) is 0 Å². The summed E-state index contributed by atoms with van der Waals surface area (Å²) >= 11 is 0. The molecule has 0 spiro atoms. The molecule has 0 bridgehead atoms. The van der Waals surface area contributed by atoms with Gasteiger partial charge in [-0.15, -0.1) is 0 Å². The zero-order valence-electron chi connectivity index (χ0n) is 14.5. The van der Waals surface area contributed by atoms with Crippen LogP contribution in [0.25, 0.3) is 21.7 Å². The molecular weight excluding hydrogens is 326 g/mol. The Kier molecular flexibility index (Phi) is 3.81. The summed E-state index contributed by atoms with van der Waals surface area (Å²) in [6, 6.07) is 18.7. The van der Waals surface area contributed by atoms with Gasteiger partial charge in [-0.1, -0.05) is 36.4 Å². The molecule has 0 unspecified atom stereocenters. The van der Waals surface area contributed by atoms with Crippen molar-refractivity contribution in [2.45, 2.75) is 13.8 Å². The van der Waals surface area contributed by atoms with Crippen LogP contribution in [0.1, 0.15) is 21.5 Å². The molecule has 0 atom stereocenters. The Balaban J connectivity index is 1.79. The minimum Gasteiger partial charge on any atom is -0.421 e. The Bertz CT molecular complexity index is 1220. The topological polar surface area (TPSA) is 59.3 Å². The summed E-state index contributed by atoms with van der Waals surface area (Å²) < 4.78 is 5.41. The maximum Gasteiger partial charge on any atom is 0.360 e. The van der Waals surface area contributed by atoms with Gasteiger partial charge in [0.2, 0.25) is 0 Å². The second-order valence-corrected chi connectivity index (χ2v) is 6.40. The lowest BCUT2D eigenvalue weighted by Gasteiger charge is -2.08. The number of anilines is 1. The van der Waals surface area contributed by atoms with E-state index in [0.29, 0.717) is 11.1 Å². The fourth-order valence-corrected chi connectivity index (χ4v) is 3.04. The van der Waals surface area contributed by atoms with E-state index in [1.54, 1.807) is 18.2 Å². The summed E-state index contributed by atoms with van der Waals surface area (Å²) in [5.41, 5.74) is 2.71. The molecule has 0 aliphatic rings. The fraction of sp³-hybridized carbons (Fsp3) is 0.0909. The van der Waals surface area contributed by atoms with Gasteiger partial charge in [0.05, 0.1) is 0 Å². The molecule has 4 nitrogen and oxygen atoms in total. The average Bonchev–Trinajstić information content (AvgIpc) is 2.64. The minimum absolute atomic E-state index is 0.136. The number of carbonyl (C=O) groups is 1. The van der Waals surface area contributed by atoms with E-state index in [0.717, 1.165) is 27.3 Å². The van der Waals surface area contributed by atoms with Crippen LogP contribution in [-0.2, 0) is 0 Å². The number of carbonyl (C=O) groups excluding carboxylic acids is 1. The van der Waals surface area contributed by atoms with Gasteiger partial charge in [0.15, 0.2) is 0 Å². The highest BCUT2D eigenvalue weighted by Crippen LogP contribution is 2.26. The molecule has 1 heterocycles. The average molecular weight is 343 g/mol. The van der Waals surface area contributed by atoms with Crippen molar-refractivity contribution in [3.05, 3.63) is 87.8 Å². The highest BCUT2D eigenvalue weighted by atomic mass is 16.4. The van der Waals surface area contributed by atoms with E-state index in [1.807, 2.05) is 56.3 Å². The van der Waals surface area contributed by atoms with Crippen molar-refractivity contribution in [1.29, 1.82) is 0 Å². The summed E-state index contributed by atoms with van der Waals surface area (Å²) in [4.78, 5) is 24.8. The fourth-order valence-electron chi connectivity index (χ4n) is 3.04. The Morgan fingerprint density at radius 3 is 2.50 bits per heavy atom. The summed E-state index contributed by atoms with van der Waals surface area (Å²) in [6.07, 6.45) is 0. The van der Waals surface area contributed by atoms with Crippen LogP contribution in [-0.4, -0.2) is 5.91 Å². The second kappa shape index (κ2) is 6.15. The smallest absolute Gasteiger partial charge is 0.360 e. The number of fused-ring (bicyclic) bond motifs is 3. The summed E-state index contributed by atoms with van der Waals surface area (Å²) in [7, 11) is 0. The SMILES string of the molecule is Cc1ccc(C(=O)Nc2cc3c(ccc4ccccc43)oc2=O)cc1C. The first-order chi connectivity index (χ1) is 12.5. The van der Waals surface area contributed by atoms with Gasteiger partial charge < -0.3 is 9.73 Å². The number of hydrogen-bond acceptors (Lipinski definition) is 3. The van der Waals surface area contributed by atoms with Crippen molar-refractivity contribution in [1.82, 2.24) is 0 Å². The van der Waals surface area contributed by atoms with E-state index < -0.39 is 5.63 Å². The molecule has 0 saturated carbocycles. The first-order valence-corrected chi connectivity index (χ1v) is 8.37. The normalized spacial score (nSPS) is 11.0. The van der Waals surface area contributed by atoms with Crippen molar-refractivity contribution < 1.29 is 9.21 Å². The quantitative estimate of drug-likeness (QED) is 0.419. The Hall–Kier alpha value is -3.40. The number of nitrogens with one attached hydrogen (secondary N) is 1. The number of amides is 1. The largest absolute Gasteiger partial charge is 0.421 e. The molecule has 3 aromatic carbocycles. The van der Waals surface area contributed by atoms with E-state index in [9.17, 15) is 9.59 Å². The van der Waals surface area contributed by atoms with Crippen molar-refractivity contribution in [2.24, 2.45) is 0 Å². The maximum absolute atomic E-state index is 12.5. The van der Waals surface area contributed by atoms with Gasteiger partial charge in [-0.25, -0.2) is 4.79 Å². The van der Waals surface area contributed by atoms with Crippen LogP contribution < -0.4 is 10.9 Å². The number of aryl methyl sites for hydroxylation is 2. The van der Waals surface area contributed by atoms with E-state index >= 15 is 0 Å². The lowest BCUT2D eigenvalue weighted by molar-refractivity contribution is 0.102. The third kappa shape index (κ3) is 2.75. The Morgan fingerprint density at radius 1 is 0.885 bits per heavy atom. The molecule has 0 aliphatic heterocycles. The molecular formula is C22H17NO3. The lowest BCUT2D eigenvalue weighted by atomic mass is 10.1. The van der Waals surface area contributed by atoms with Gasteiger partial charge in [0.1, 0.15) is 11.3 Å². The van der Waals surface area contributed by atoms with Crippen molar-refractivity contribution in [3.8, 4) is 0 Å². The third-order valence-corrected chi connectivity index (χ3v) is 4.66. The monoisotopic (exact) mass is 343 g/mol. The van der Waals surface area contributed by atoms with Gasteiger partial charge in [0, 0.05) is 10.9 Å². The molecule has 0 radical (unpaired) electrons. The van der Waals surface area contributed by atoms with Gasteiger partial charge in [-0.3, -0.25) is 4.79 Å². The second-order valence-electron chi connectivity index (χ2n) is 6.40. The van der Waals surface area contributed by atoms with Crippen LogP contribution in [0.2, 0.25) is 0 Å². The highest BCUT2D eigenvalue weighted by Gasteiger charge is 2.13. The van der Waals surface area contributed by atoms with E-state index in [2.05, 4.69) is 5.32 Å². The maximum atomic E-state index is 12.5. The molecule has 1 aromatic heterocycles. The summed E-state index contributed by atoms with van der Waals surface area (Å²) in [6.45, 7) is 3.93. The number of benzene rings is 3. The van der Waals surface area contributed by atoms with Crippen molar-refractivity contribution in [3.63, 3.8) is 0 Å². The zero-order chi connectivity index (χ0) is 18.3. The molecule has 4 rings (SSSR count). The molecule has 26 heavy (non-hydrogen) atoms. The lowest BCUT2D eigenvalue weighted by Crippen LogP contribution is -2.18. The van der Waals surface area contributed by atoms with Crippen LogP contribution in [0.15, 0.2) is 69.9 Å². The first kappa shape index (κ1) is 16.1. The van der Waals surface area contributed by atoms with Gasteiger partial charge in [-0.05, 0) is 60.0 Å². The standard InChI is InChI=1S/C22H17NO3/c1-13-7-8-16(11-14(13)2)21(24)23-19-12-18-17-6-4-3-5-15(17)9-10-20(18)26-22(19)25/h3-12H,1-2H3,(H,23,24). The van der Waals surface area contributed by atoms with E-state index in [4.69, 9.17) is 4.42 Å². The highest BCUT2D eigenvalue weighted by molar-refractivity contribution is 6.08. The third-order valence-electron chi connectivity index (χ3n) is 4.66. The van der Waals surface area contributed by atoms with Crippen LogP contribution in [0, 0.1) is 13.8 Å². The van der Waals surface area contributed by atoms with Gasteiger partial charge in [0.25, 0.3) is 5.91 Å². The predicted octanol–water partition coefficient (Wildman–Crippen LogP) is 4.82. The summed E-state index contributed by atoms with van der Waals surface area (Å²) in [5, 5.41) is 5.48. The molecule has 0 aliphatic carbocycles. The van der Waals surface area contributed by atoms with Crippen molar-refractivity contribution in [2.75, 3.05) is 5.32 Å². The Morgan fingerprint density at radius 2 is 1.69 bits per heavy atom. The van der Waals surface area contributed by atoms with Crippen LogP contribution in [0.3, 0.4) is 0 Å². The van der Waals surface area contributed by atoms with Crippen LogP contribution in [0.4, 0.5) is 5.69 Å². The molecule has 4 heteroatoms. The molecule has 1 amide bonds. The summed E-state index contributed by atoms with van der Waals surface area (Å²) in [5.74, 6) is -0.333. The zero-order valence-corrected chi connectivity index (χ0v) is 14.5. The molecule has 4 aromatic rings. The van der Waals surface area contributed by atoms with Crippen LogP contribution in [0.5, 0.6) is 0 Å². The molecule has 1 N–H and O–H groups in total. The first-order valence-electron chi connectivity index (χ1n) is 8.37. The molecule has 128 valence electrons. The van der Waals surface area contributed by atoms with Gasteiger partial charge >= 0.3 is 5.63 Å². The van der Waals surface area contributed by atoms with E-state index in [1.165, 1.54) is 0 Å². The minimum atomic E-state index is -0.565. The molecule has 0 fully saturated rings.